The van der Waals surface area contributed by atoms with Gasteiger partial charge in [-0.15, -0.1) is 12.4 Å². The number of halogens is 1. The third-order valence-electron chi connectivity index (χ3n) is 4.18. The highest BCUT2D eigenvalue weighted by molar-refractivity contribution is 5.96. The van der Waals surface area contributed by atoms with E-state index in [0.717, 1.165) is 25.9 Å². The van der Waals surface area contributed by atoms with Crippen molar-refractivity contribution in [1.82, 2.24) is 10.2 Å². The first kappa shape index (κ1) is 21.3. The van der Waals surface area contributed by atoms with Gasteiger partial charge < -0.3 is 20.7 Å². The summed E-state index contributed by atoms with van der Waals surface area (Å²) in [6.07, 6.45) is 2.82. The van der Waals surface area contributed by atoms with E-state index in [4.69, 9.17) is 10.5 Å². The number of hydrogen-bond acceptors (Lipinski definition) is 4. The van der Waals surface area contributed by atoms with Crippen molar-refractivity contribution in [3.63, 3.8) is 0 Å². The van der Waals surface area contributed by atoms with Gasteiger partial charge in [-0.2, -0.15) is 0 Å². The molecule has 0 radical (unpaired) electrons. The molecule has 0 aromatic heterocycles. The lowest BCUT2D eigenvalue weighted by molar-refractivity contribution is -0.132. The fourth-order valence-electron chi connectivity index (χ4n) is 2.78. The van der Waals surface area contributed by atoms with Gasteiger partial charge in [0.1, 0.15) is 5.75 Å². The number of ether oxygens (including phenoxy) is 1. The topological polar surface area (TPSA) is 84.7 Å². The number of piperidine rings is 1. The number of carbonyl (C=O) groups excluding carboxylic acids is 2. The van der Waals surface area contributed by atoms with Crippen LogP contribution in [0, 0.1) is 0 Å². The number of nitrogens with two attached hydrogens (primary N) is 1. The number of likely N-dealkylation sites (tertiary alicyclic amines) is 1. The largest absolute Gasteiger partial charge is 0.493 e. The standard InChI is InChI=1S/C18H27N3O3.ClH/c1-2-24-16-7-4-3-6-15(16)18(23)20-11-5-8-17(22)21-12-9-14(19)10-13-21;/h3-4,6-7,14H,2,5,8-13,19H2,1H3,(H,20,23);1H. The maximum absolute atomic E-state index is 12.2. The summed E-state index contributed by atoms with van der Waals surface area (Å²) < 4.78 is 5.46. The lowest BCUT2D eigenvalue weighted by atomic mass is 10.1. The van der Waals surface area contributed by atoms with Crippen LogP contribution in [0.5, 0.6) is 5.75 Å². The molecule has 6 nitrogen and oxygen atoms in total. The van der Waals surface area contributed by atoms with Crippen molar-refractivity contribution < 1.29 is 14.3 Å². The van der Waals surface area contributed by atoms with Crippen LogP contribution in [0.1, 0.15) is 43.0 Å². The molecule has 25 heavy (non-hydrogen) atoms. The summed E-state index contributed by atoms with van der Waals surface area (Å²) in [4.78, 5) is 26.2. The van der Waals surface area contributed by atoms with Crippen LogP contribution in [0.15, 0.2) is 24.3 Å². The molecule has 0 saturated carbocycles. The minimum atomic E-state index is -0.171. The lowest BCUT2D eigenvalue weighted by Crippen LogP contribution is -2.43. The zero-order valence-electron chi connectivity index (χ0n) is 14.7. The van der Waals surface area contributed by atoms with Crippen LogP contribution < -0.4 is 15.8 Å². The molecule has 0 spiro atoms. The summed E-state index contributed by atoms with van der Waals surface area (Å²) in [5.41, 5.74) is 6.37. The molecule has 1 aromatic carbocycles. The molecule has 1 aliphatic heterocycles. The Morgan fingerprint density at radius 3 is 2.64 bits per heavy atom. The first-order valence-corrected chi connectivity index (χ1v) is 8.65. The smallest absolute Gasteiger partial charge is 0.255 e. The predicted molar refractivity (Wildman–Crippen MR) is 100 cm³/mol. The molecule has 1 aromatic rings. The van der Waals surface area contributed by atoms with Crippen molar-refractivity contribution in [3.8, 4) is 5.75 Å². The van der Waals surface area contributed by atoms with E-state index in [1.807, 2.05) is 24.0 Å². The number of nitrogens with one attached hydrogen (secondary N) is 1. The van der Waals surface area contributed by atoms with Gasteiger partial charge in [-0.3, -0.25) is 9.59 Å². The molecule has 0 aliphatic carbocycles. The molecule has 2 rings (SSSR count). The fraction of sp³-hybridized carbons (Fsp3) is 0.556. The number of benzene rings is 1. The maximum Gasteiger partial charge on any atom is 0.255 e. The summed E-state index contributed by atoms with van der Waals surface area (Å²) in [5, 5.41) is 2.85. The van der Waals surface area contributed by atoms with Gasteiger partial charge in [0, 0.05) is 32.1 Å². The first-order valence-electron chi connectivity index (χ1n) is 8.65. The molecule has 0 atom stereocenters. The van der Waals surface area contributed by atoms with Crippen LogP contribution in [0.3, 0.4) is 0 Å². The molecule has 140 valence electrons. The van der Waals surface area contributed by atoms with Crippen LogP contribution >= 0.6 is 12.4 Å². The molecule has 1 heterocycles. The van der Waals surface area contributed by atoms with E-state index in [9.17, 15) is 9.59 Å². The van der Waals surface area contributed by atoms with Gasteiger partial charge in [0.05, 0.1) is 12.2 Å². The second kappa shape index (κ2) is 10.9. The van der Waals surface area contributed by atoms with Crippen LogP contribution in [0.4, 0.5) is 0 Å². The average Bonchev–Trinajstić information content (AvgIpc) is 2.59. The Bertz CT molecular complexity index is 560. The van der Waals surface area contributed by atoms with Crippen molar-refractivity contribution in [2.75, 3.05) is 26.2 Å². The summed E-state index contributed by atoms with van der Waals surface area (Å²) >= 11 is 0. The van der Waals surface area contributed by atoms with E-state index in [0.29, 0.717) is 37.3 Å². The second-order valence-electron chi connectivity index (χ2n) is 6.01. The zero-order chi connectivity index (χ0) is 17.4. The first-order chi connectivity index (χ1) is 11.6. The molecular formula is C18H28ClN3O3. The lowest BCUT2D eigenvalue weighted by Gasteiger charge is -2.30. The summed E-state index contributed by atoms with van der Waals surface area (Å²) in [5.74, 6) is 0.555. The number of hydrogen-bond donors (Lipinski definition) is 2. The molecule has 0 bridgehead atoms. The third-order valence-corrected chi connectivity index (χ3v) is 4.18. The Kier molecular flexibility index (Phi) is 9.31. The van der Waals surface area contributed by atoms with Gasteiger partial charge in [-0.1, -0.05) is 12.1 Å². The van der Waals surface area contributed by atoms with Crippen molar-refractivity contribution in [2.24, 2.45) is 5.73 Å². The summed E-state index contributed by atoms with van der Waals surface area (Å²) in [7, 11) is 0. The van der Waals surface area contributed by atoms with Gasteiger partial charge >= 0.3 is 0 Å². The average molecular weight is 370 g/mol. The Morgan fingerprint density at radius 2 is 1.96 bits per heavy atom. The zero-order valence-corrected chi connectivity index (χ0v) is 15.5. The molecular weight excluding hydrogens is 342 g/mol. The molecule has 3 N–H and O–H groups in total. The van der Waals surface area contributed by atoms with E-state index in [2.05, 4.69) is 5.32 Å². The maximum atomic E-state index is 12.2. The van der Waals surface area contributed by atoms with Gasteiger partial charge in [0.2, 0.25) is 5.91 Å². The van der Waals surface area contributed by atoms with E-state index in [-0.39, 0.29) is 30.3 Å². The number of carbonyl (C=O) groups is 2. The van der Waals surface area contributed by atoms with E-state index in [1.54, 1.807) is 12.1 Å². The SMILES string of the molecule is CCOc1ccccc1C(=O)NCCCC(=O)N1CCC(N)CC1.Cl. The van der Waals surface area contributed by atoms with Gasteiger partial charge in [0.15, 0.2) is 0 Å². The molecule has 1 aliphatic rings. The van der Waals surface area contributed by atoms with Crippen molar-refractivity contribution in [1.29, 1.82) is 0 Å². The van der Waals surface area contributed by atoms with Crippen LogP contribution in [-0.4, -0.2) is 49.0 Å². The monoisotopic (exact) mass is 369 g/mol. The van der Waals surface area contributed by atoms with Gasteiger partial charge in [0.25, 0.3) is 5.91 Å². The fourth-order valence-corrected chi connectivity index (χ4v) is 2.78. The van der Waals surface area contributed by atoms with Crippen molar-refractivity contribution in [2.45, 2.75) is 38.6 Å². The van der Waals surface area contributed by atoms with E-state index in [1.165, 1.54) is 0 Å². The number of para-hydroxylation sites is 1. The summed E-state index contributed by atoms with van der Waals surface area (Å²) in [6, 6.07) is 7.39. The predicted octanol–water partition coefficient (Wildman–Crippen LogP) is 1.97. The number of nitrogens with zero attached hydrogens (tertiary/aromatic N) is 1. The molecule has 2 amide bonds. The van der Waals surface area contributed by atoms with Crippen molar-refractivity contribution >= 4 is 24.2 Å². The molecule has 1 saturated heterocycles. The van der Waals surface area contributed by atoms with Crippen LogP contribution in [0.2, 0.25) is 0 Å². The van der Waals surface area contributed by atoms with E-state index < -0.39 is 0 Å². The Hall–Kier alpha value is -1.79. The van der Waals surface area contributed by atoms with E-state index >= 15 is 0 Å². The minimum absolute atomic E-state index is 0. The number of rotatable bonds is 7. The molecule has 0 unspecified atom stereocenters. The van der Waals surface area contributed by atoms with Crippen LogP contribution in [-0.2, 0) is 4.79 Å². The quantitative estimate of drug-likeness (QED) is 0.719. The second-order valence-corrected chi connectivity index (χ2v) is 6.01. The van der Waals surface area contributed by atoms with Crippen LogP contribution in [0.25, 0.3) is 0 Å². The van der Waals surface area contributed by atoms with Gasteiger partial charge in [-0.05, 0) is 38.3 Å². The minimum Gasteiger partial charge on any atom is -0.493 e. The molecule has 1 fully saturated rings. The highest BCUT2D eigenvalue weighted by atomic mass is 35.5. The number of amides is 2. The molecule has 7 heteroatoms. The third kappa shape index (κ3) is 6.55. The van der Waals surface area contributed by atoms with Crippen molar-refractivity contribution in [3.05, 3.63) is 29.8 Å². The summed E-state index contributed by atoms with van der Waals surface area (Å²) in [6.45, 7) is 4.35. The van der Waals surface area contributed by atoms with Gasteiger partial charge in [-0.25, -0.2) is 0 Å². The highest BCUT2D eigenvalue weighted by Gasteiger charge is 2.20. The normalized spacial score (nSPS) is 14.6. The Morgan fingerprint density at radius 1 is 1.28 bits per heavy atom. The highest BCUT2D eigenvalue weighted by Crippen LogP contribution is 2.17. The Balaban J connectivity index is 0.00000312. The Labute approximate surface area is 155 Å².